The van der Waals surface area contributed by atoms with Crippen molar-refractivity contribution in [1.29, 1.82) is 0 Å². The molecular formula is C13H13ClN4O. The fraction of sp³-hybridized carbons (Fsp3) is 0.154. The summed E-state index contributed by atoms with van der Waals surface area (Å²) in [6, 6.07) is 11.0. The van der Waals surface area contributed by atoms with Gasteiger partial charge in [0.2, 0.25) is 0 Å². The van der Waals surface area contributed by atoms with Crippen LogP contribution < -0.4 is 10.2 Å². The average Bonchev–Trinajstić information content (AvgIpc) is 2.43. The number of para-hydroxylation sites is 1. The van der Waals surface area contributed by atoms with Crippen LogP contribution in [0, 0.1) is 0 Å². The van der Waals surface area contributed by atoms with Crippen molar-refractivity contribution >= 4 is 23.6 Å². The Kier molecular flexibility index (Phi) is 4.69. The van der Waals surface area contributed by atoms with E-state index in [0.29, 0.717) is 17.6 Å². The van der Waals surface area contributed by atoms with E-state index < -0.39 is 0 Å². The van der Waals surface area contributed by atoms with Gasteiger partial charge in [0.25, 0.3) is 0 Å². The first-order valence-electron chi connectivity index (χ1n) is 5.79. The van der Waals surface area contributed by atoms with Gasteiger partial charge in [0.15, 0.2) is 11.0 Å². The quantitative estimate of drug-likeness (QED) is 0.674. The van der Waals surface area contributed by atoms with Crippen molar-refractivity contribution in [2.45, 2.75) is 6.92 Å². The number of ether oxygens (including phenoxy) is 1. The van der Waals surface area contributed by atoms with E-state index in [0.717, 1.165) is 11.3 Å². The highest BCUT2D eigenvalue weighted by Gasteiger charge is 1.99. The normalized spacial score (nSPS) is 10.6. The summed E-state index contributed by atoms with van der Waals surface area (Å²) in [5, 5.41) is 12.0. The third-order valence-electron chi connectivity index (χ3n) is 2.23. The van der Waals surface area contributed by atoms with E-state index in [1.54, 1.807) is 18.3 Å². The van der Waals surface area contributed by atoms with Crippen molar-refractivity contribution in [3.05, 3.63) is 47.1 Å². The van der Waals surface area contributed by atoms with Crippen molar-refractivity contribution < 1.29 is 4.74 Å². The summed E-state index contributed by atoms with van der Waals surface area (Å²) in [4.78, 5) is 0. The summed E-state index contributed by atoms with van der Waals surface area (Å²) in [7, 11) is 0. The number of hydrogen-bond donors (Lipinski definition) is 1. The molecule has 1 aromatic heterocycles. The summed E-state index contributed by atoms with van der Waals surface area (Å²) in [6.07, 6.45) is 1.67. The van der Waals surface area contributed by atoms with Crippen LogP contribution in [0.1, 0.15) is 12.5 Å². The van der Waals surface area contributed by atoms with Gasteiger partial charge in [-0.05, 0) is 31.2 Å². The molecular weight excluding hydrogens is 264 g/mol. The van der Waals surface area contributed by atoms with Gasteiger partial charge in [0, 0.05) is 5.56 Å². The monoisotopic (exact) mass is 276 g/mol. The number of benzene rings is 1. The molecule has 2 aromatic rings. The zero-order chi connectivity index (χ0) is 13.5. The maximum Gasteiger partial charge on any atom is 0.168 e. The summed E-state index contributed by atoms with van der Waals surface area (Å²) in [5.41, 5.74) is 3.66. The molecule has 0 unspecified atom stereocenters. The minimum Gasteiger partial charge on any atom is -0.493 e. The number of hydrazone groups is 1. The summed E-state index contributed by atoms with van der Waals surface area (Å²) < 4.78 is 5.49. The summed E-state index contributed by atoms with van der Waals surface area (Å²) >= 11 is 5.64. The van der Waals surface area contributed by atoms with Gasteiger partial charge in [0.05, 0.1) is 12.8 Å². The molecule has 1 heterocycles. The van der Waals surface area contributed by atoms with Gasteiger partial charge in [-0.25, -0.2) is 0 Å². The lowest BCUT2D eigenvalue weighted by molar-refractivity contribution is 0.340. The minimum absolute atomic E-state index is 0.344. The van der Waals surface area contributed by atoms with Gasteiger partial charge >= 0.3 is 0 Å². The van der Waals surface area contributed by atoms with Crippen LogP contribution in [0.4, 0.5) is 5.82 Å². The molecule has 1 N–H and O–H groups in total. The van der Waals surface area contributed by atoms with Crippen molar-refractivity contribution in [1.82, 2.24) is 10.2 Å². The van der Waals surface area contributed by atoms with Crippen LogP contribution in [0.5, 0.6) is 5.75 Å². The molecule has 5 nitrogen and oxygen atoms in total. The largest absolute Gasteiger partial charge is 0.493 e. The average molecular weight is 277 g/mol. The lowest BCUT2D eigenvalue weighted by atomic mass is 10.2. The van der Waals surface area contributed by atoms with Gasteiger partial charge in [-0.3, -0.25) is 5.43 Å². The molecule has 0 aliphatic carbocycles. The van der Waals surface area contributed by atoms with Crippen LogP contribution in [0.3, 0.4) is 0 Å². The molecule has 0 spiro atoms. The molecule has 2 rings (SSSR count). The molecule has 0 aliphatic heterocycles. The predicted octanol–water partition coefficient (Wildman–Crippen LogP) is 2.97. The SMILES string of the molecule is CCOc1ccccc1/C=N\Nc1ccc(Cl)nn1. The highest BCUT2D eigenvalue weighted by molar-refractivity contribution is 6.29. The number of hydrogen-bond acceptors (Lipinski definition) is 5. The Morgan fingerprint density at radius 2 is 2.11 bits per heavy atom. The molecule has 6 heteroatoms. The second-order valence-electron chi connectivity index (χ2n) is 3.58. The molecule has 0 aliphatic rings. The van der Waals surface area contributed by atoms with Crippen molar-refractivity contribution in [2.24, 2.45) is 5.10 Å². The third-order valence-corrected chi connectivity index (χ3v) is 2.44. The molecule has 0 fully saturated rings. The van der Waals surface area contributed by atoms with E-state index in [-0.39, 0.29) is 0 Å². The van der Waals surface area contributed by atoms with Gasteiger partial charge in [-0.15, -0.1) is 10.2 Å². The van der Waals surface area contributed by atoms with Crippen LogP contribution in [-0.4, -0.2) is 23.0 Å². The topological polar surface area (TPSA) is 59.4 Å². The van der Waals surface area contributed by atoms with Crippen molar-refractivity contribution in [3.8, 4) is 5.75 Å². The Balaban J connectivity index is 2.04. The molecule has 19 heavy (non-hydrogen) atoms. The van der Waals surface area contributed by atoms with Crippen LogP contribution >= 0.6 is 11.6 Å². The van der Waals surface area contributed by atoms with E-state index in [9.17, 15) is 0 Å². The maximum absolute atomic E-state index is 5.64. The first-order valence-corrected chi connectivity index (χ1v) is 6.17. The standard InChI is InChI=1S/C13H13ClN4O/c1-2-19-11-6-4-3-5-10(11)9-15-17-13-8-7-12(14)16-18-13/h3-9H,2H2,1H3,(H,17,18)/b15-9-. The van der Waals surface area contributed by atoms with Crippen molar-refractivity contribution in [2.75, 3.05) is 12.0 Å². The first kappa shape index (κ1) is 13.3. The summed E-state index contributed by atoms with van der Waals surface area (Å²) in [5.74, 6) is 1.31. The maximum atomic E-state index is 5.64. The number of nitrogens with zero attached hydrogens (tertiary/aromatic N) is 3. The fourth-order valence-corrected chi connectivity index (χ4v) is 1.52. The van der Waals surface area contributed by atoms with E-state index in [1.165, 1.54) is 0 Å². The minimum atomic E-state index is 0.344. The zero-order valence-electron chi connectivity index (χ0n) is 10.4. The Hall–Kier alpha value is -2.14. The second-order valence-corrected chi connectivity index (χ2v) is 3.97. The molecule has 0 saturated heterocycles. The molecule has 0 atom stereocenters. The Bertz CT molecular complexity index is 557. The molecule has 98 valence electrons. The van der Waals surface area contributed by atoms with Crippen LogP contribution in [0.15, 0.2) is 41.5 Å². The van der Waals surface area contributed by atoms with E-state index in [2.05, 4.69) is 20.7 Å². The highest BCUT2D eigenvalue weighted by atomic mass is 35.5. The van der Waals surface area contributed by atoms with Crippen LogP contribution in [0.2, 0.25) is 5.15 Å². The first-order chi connectivity index (χ1) is 9.29. The van der Waals surface area contributed by atoms with Crippen LogP contribution in [-0.2, 0) is 0 Å². The van der Waals surface area contributed by atoms with E-state index in [1.807, 2.05) is 31.2 Å². The fourth-order valence-electron chi connectivity index (χ4n) is 1.42. The van der Waals surface area contributed by atoms with Gasteiger partial charge in [0.1, 0.15) is 5.75 Å². The highest BCUT2D eigenvalue weighted by Crippen LogP contribution is 2.15. The smallest absolute Gasteiger partial charge is 0.168 e. The molecule has 0 saturated carbocycles. The Morgan fingerprint density at radius 3 is 2.84 bits per heavy atom. The lowest BCUT2D eigenvalue weighted by Gasteiger charge is -2.05. The van der Waals surface area contributed by atoms with Gasteiger partial charge in [-0.1, -0.05) is 23.7 Å². The number of rotatable bonds is 5. The summed E-state index contributed by atoms with van der Waals surface area (Å²) in [6.45, 7) is 2.55. The molecule has 0 bridgehead atoms. The van der Waals surface area contributed by atoms with Crippen LogP contribution in [0.25, 0.3) is 0 Å². The lowest BCUT2D eigenvalue weighted by Crippen LogP contribution is -1.98. The second kappa shape index (κ2) is 6.70. The van der Waals surface area contributed by atoms with E-state index in [4.69, 9.17) is 16.3 Å². The van der Waals surface area contributed by atoms with Gasteiger partial charge < -0.3 is 4.74 Å². The number of anilines is 1. The number of aromatic nitrogens is 2. The van der Waals surface area contributed by atoms with Crippen molar-refractivity contribution in [3.63, 3.8) is 0 Å². The molecule has 1 aromatic carbocycles. The van der Waals surface area contributed by atoms with Gasteiger partial charge in [-0.2, -0.15) is 5.10 Å². The Morgan fingerprint density at radius 1 is 1.26 bits per heavy atom. The number of halogens is 1. The predicted molar refractivity (Wildman–Crippen MR) is 75.9 cm³/mol. The molecule has 0 radical (unpaired) electrons. The van der Waals surface area contributed by atoms with E-state index >= 15 is 0 Å². The third kappa shape index (κ3) is 3.93. The zero-order valence-corrected chi connectivity index (χ0v) is 11.1. The Labute approximate surface area is 116 Å². The number of nitrogens with one attached hydrogen (secondary N) is 1. The molecule has 0 amide bonds.